The molecule has 6 heteroatoms. The van der Waals surface area contributed by atoms with E-state index in [0.717, 1.165) is 0 Å². The van der Waals surface area contributed by atoms with E-state index in [1.165, 1.54) is 6.07 Å². The highest BCUT2D eigenvalue weighted by molar-refractivity contribution is 9.10. The molecule has 0 aliphatic carbocycles. The molecule has 0 saturated heterocycles. The minimum Gasteiger partial charge on any atom is -0.372 e. The van der Waals surface area contributed by atoms with Crippen LogP contribution in [0.4, 0.5) is 0 Å². The lowest BCUT2D eigenvalue weighted by Gasteiger charge is -1.98. The minimum absolute atomic E-state index is 0.248. The Labute approximate surface area is 90.6 Å². The van der Waals surface area contributed by atoms with Crippen LogP contribution < -0.4 is 11.4 Å². The van der Waals surface area contributed by atoms with Crippen LogP contribution in [0.15, 0.2) is 30.6 Å². The molecule has 0 unspecified atom stereocenters. The van der Waals surface area contributed by atoms with Gasteiger partial charge in [-0.1, -0.05) is 11.6 Å². The zero-order valence-electron chi connectivity index (χ0n) is 6.64. The van der Waals surface area contributed by atoms with Gasteiger partial charge in [-0.15, -0.1) is 0 Å². The zero-order chi connectivity index (χ0) is 10.3. The normalized spacial score (nSPS) is 10.7. The molecule has 0 aliphatic rings. The lowest BCUT2D eigenvalue weighted by Crippen LogP contribution is -2.14. The number of aromatic amines is 1. The van der Waals surface area contributed by atoms with Crippen LogP contribution in [-0.2, 0) is 0 Å². The van der Waals surface area contributed by atoms with E-state index in [1.54, 1.807) is 6.07 Å². The summed E-state index contributed by atoms with van der Waals surface area (Å²) in [6.07, 6.45) is 0. The Morgan fingerprint density at radius 2 is 2.07 bits per heavy atom. The first-order valence-electron chi connectivity index (χ1n) is 3.60. The van der Waals surface area contributed by atoms with E-state index in [-0.39, 0.29) is 5.39 Å². The second kappa shape index (κ2) is 3.25. The van der Waals surface area contributed by atoms with Gasteiger partial charge in [0.15, 0.2) is 0 Å². The molecule has 2 rings (SSSR count). The van der Waals surface area contributed by atoms with Crippen molar-refractivity contribution in [2.75, 3.05) is 0 Å². The predicted octanol–water partition coefficient (Wildman–Crippen LogP) is 1.90. The maximum absolute atomic E-state index is 11.2. The van der Waals surface area contributed by atoms with Gasteiger partial charge in [0, 0.05) is 4.47 Å². The molecule has 0 amide bonds. The molecular weight excluding hydrogens is 273 g/mol. The molecule has 0 fully saturated rings. The molecule has 72 valence electrons. The third-order valence-electron chi connectivity index (χ3n) is 1.70. The number of hydrogen-bond donors (Lipinski definition) is 1. The van der Waals surface area contributed by atoms with Crippen molar-refractivity contribution in [1.82, 2.24) is 4.98 Å². The summed E-state index contributed by atoms with van der Waals surface area (Å²) in [6.45, 7) is 0. The number of hydrogen-bond acceptors (Lipinski definition) is 3. The van der Waals surface area contributed by atoms with Crippen molar-refractivity contribution in [2.45, 2.75) is 0 Å². The van der Waals surface area contributed by atoms with Crippen LogP contribution in [0, 0.1) is 0 Å². The van der Waals surface area contributed by atoms with Gasteiger partial charge < -0.3 is 4.42 Å². The van der Waals surface area contributed by atoms with Crippen molar-refractivity contribution in [3.05, 3.63) is 42.6 Å². The van der Waals surface area contributed by atoms with Crippen LogP contribution in [0.25, 0.3) is 10.9 Å². The van der Waals surface area contributed by atoms with Crippen LogP contribution in [0.5, 0.6) is 0 Å². The van der Waals surface area contributed by atoms with Crippen molar-refractivity contribution in [3.63, 3.8) is 0 Å². The van der Waals surface area contributed by atoms with E-state index in [1.807, 2.05) is 0 Å². The second-order valence-electron chi connectivity index (χ2n) is 2.61. The number of rotatable bonds is 0. The fourth-order valence-corrected chi connectivity index (χ4v) is 1.60. The summed E-state index contributed by atoms with van der Waals surface area (Å²) in [5.74, 6) is -0.781. The highest BCUT2D eigenvalue weighted by atomic mass is 79.9. The van der Waals surface area contributed by atoms with E-state index >= 15 is 0 Å². The Bertz CT molecular complexity index is 616. The Morgan fingerprint density at radius 3 is 2.79 bits per heavy atom. The van der Waals surface area contributed by atoms with Gasteiger partial charge in [-0.25, -0.2) is 9.59 Å². The van der Waals surface area contributed by atoms with Gasteiger partial charge in [0.05, 0.1) is 15.9 Å². The summed E-state index contributed by atoms with van der Waals surface area (Å²) >= 11 is 8.96. The van der Waals surface area contributed by atoms with Crippen molar-refractivity contribution in [2.24, 2.45) is 0 Å². The summed E-state index contributed by atoms with van der Waals surface area (Å²) < 4.78 is 4.95. The largest absolute Gasteiger partial charge is 0.419 e. The monoisotopic (exact) mass is 275 g/mol. The molecular formula is C8H3BrClNO3. The average molecular weight is 276 g/mol. The Hall–Kier alpha value is -1.07. The number of H-pyrrole nitrogens is 1. The van der Waals surface area contributed by atoms with E-state index < -0.39 is 11.4 Å². The first-order valence-corrected chi connectivity index (χ1v) is 4.77. The molecule has 0 aliphatic heterocycles. The number of benzene rings is 1. The molecule has 1 aromatic carbocycles. The first kappa shape index (κ1) is 9.48. The minimum atomic E-state index is -0.781. The first-order chi connectivity index (χ1) is 6.58. The van der Waals surface area contributed by atoms with Crippen molar-refractivity contribution < 1.29 is 4.42 Å². The molecule has 4 nitrogen and oxygen atoms in total. The quantitative estimate of drug-likeness (QED) is 0.799. The van der Waals surface area contributed by atoms with Gasteiger partial charge in [-0.3, -0.25) is 4.98 Å². The molecule has 14 heavy (non-hydrogen) atoms. The number of fused-ring (bicyclic) bond motifs is 1. The summed E-state index contributed by atoms with van der Waals surface area (Å²) in [4.78, 5) is 24.4. The maximum atomic E-state index is 11.2. The van der Waals surface area contributed by atoms with Crippen molar-refractivity contribution in [3.8, 4) is 0 Å². The molecule has 1 aromatic heterocycles. The number of halogens is 2. The van der Waals surface area contributed by atoms with Gasteiger partial charge in [0.25, 0.3) is 0 Å². The third kappa shape index (κ3) is 1.49. The number of nitrogens with one attached hydrogen (secondary N) is 1. The fraction of sp³-hybridized carbons (Fsp3) is 0. The summed E-state index contributed by atoms with van der Waals surface area (Å²) in [6, 6.07) is 2.98. The predicted molar refractivity (Wildman–Crippen MR) is 55.8 cm³/mol. The van der Waals surface area contributed by atoms with Crippen LogP contribution in [0.1, 0.15) is 0 Å². The van der Waals surface area contributed by atoms with E-state index in [9.17, 15) is 9.59 Å². The maximum Gasteiger partial charge on any atom is 0.419 e. The molecule has 0 spiro atoms. The summed E-state index contributed by atoms with van der Waals surface area (Å²) in [7, 11) is 0. The standard InChI is InChI=1S/C8H3BrClNO3/c9-4-2-6-3(1-5(4)10)7(12)14-8(13)11-6/h1-2H,(H,11,13). The number of aromatic nitrogens is 1. The molecule has 0 atom stereocenters. The van der Waals surface area contributed by atoms with Crippen LogP contribution in [0.2, 0.25) is 5.02 Å². The van der Waals surface area contributed by atoms with Gasteiger partial charge in [0.1, 0.15) is 0 Å². The van der Waals surface area contributed by atoms with Crippen LogP contribution in [-0.4, -0.2) is 4.98 Å². The lowest BCUT2D eigenvalue weighted by molar-refractivity contribution is 0.460. The van der Waals surface area contributed by atoms with Gasteiger partial charge in [-0.05, 0) is 28.1 Å². The van der Waals surface area contributed by atoms with Crippen LogP contribution in [0.3, 0.4) is 0 Å². The van der Waals surface area contributed by atoms with E-state index in [2.05, 4.69) is 25.3 Å². The average Bonchev–Trinajstić information content (AvgIpc) is 2.08. The zero-order valence-corrected chi connectivity index (χ0v) is 8.98. The topological polar surface area (TPSA) is 63.1 Å². The van der Waals surface area contributed by atoms with Gasteiger partial charge in [0.2, 0.25) is 0 Å². The lowest BCUT2D eigenvalue weighted by atomic mass is 10.2. The van der Waals surface area contributed by atoms with Crippen LogP contribution >= 0.6 is 27.5 Å². The molecule has 1 heterocycles. The highest BCUT2D eigenvalue weighted by Gasteiger charge is 2.06. The van der Waals surface area contributed by atoms with Gasteiger partial charge >= 0.3 is 11.4 Å². The SMILES string of the molecule is O=c1[nH]c2cc(Br)c(Cl)cc2c(=O)o1. The molecule has 2 aromatic rings. The summed E-state index contributed by atoms with van der Waals surface area (Å²) in [5.41, 5.74) is -0.305. The smallest absolute Gasteiger partial charge is 0.372 e. The van der Waals surface area contributed by atoms with Gasteiger partial charge in [-0.2, -0.15) is 0 Å². The Kier molecular flexibility index (Phi) is 2.20. The summed E-state index contributed by atoms with van der Waals surface area (Å²) in [5, 5.41) is 0.634. The Morgan fingerprint density at radius 1 is 1.36 bits per heavy atom. The molecule has 0 bridgehead atoms. The van der Waals surface area contributed by atoms with Crippen molar-refractivity contribution in [1.29, 1.82) is 0 Å². The van der Waals surface area contributed by atoms with E-state index in [0.29, 0.717) is 15.0 Å². The van der Waals surface area contributed by atoms with Crippen molar-refractivity contribution >= 4 is 38.4 Å². The molecule has 0 radical (unpaired) electrons. The fourth-order valence-electron chi connectivity index (χ4n) is 1.09. The van der Waals surface area contributed by atoms with E-state index in [4.69, 9.17) is 11.6 Å². The molecule has 1 N–H and O–H groups in total. The second-order valence-corrected chi connectivity index (χ2v) is 3.88. The highest BCUT2D eigenvalue weighted by Crippen LogP contribution is 2.25. The molecule has 0 saturated carbocycles. The Balaban J connectivity index is 3.03. The third-order valence-corrected chi connectivity index (χ3v) is 2.90.